The van der Waals surface area contributed by atoms with Crippen molar-refractivity contribution in [3.8, 4) is 16.9 Å². The Morgan fingerprint density at radius 1 is 1.20 bits per heavy atom. The first-order valence-electron chi connectivity index (χ1n) is 7.28. The van der Waals surface area contributed by atoms with Gasteiger partial charge in [-0.15, -0.1) is 0 Å². The number of aromatic nitrogens is 3. The van der Waals surface area contributed by atoms with E-state index >= 15 is 0 Å². The summed E-state index contributed by atoms with van der Waals surface area (Å²) in [5.74, 6) is -0.546. The molecule has 0 atom stereocenters. The van der Waals surface area contributed by atoms with Gasteiger partial charge in [-0.3, -0.25) is 9.55 Å². The molecule has 25 heavy (non-hydrogen) atoms. The molecule has 0 saturated heterocycles. The van der Waals surface area contributed by atoms with Gasteiger partial charge in [0.1, 0.15) is 22.8 Å². The molecule has 0 spiro atoms. The van der Waals surface area contributed by atoms with Crippen LogP contribution in [0.3, 0.4) is 0 Å². The zero-order valence-electron chi connectivity index (χ0n) is 12.9. The molecule has 0 radical (unpaired) electrons. The van der Waals surface area contributed by atoms with Gasteiger partial charge >= 0.3 is 0 Å². The summed E-state index contributed by atoms with van der Waals surface area (Å²) in [6.45, 7) is 0.104. The first-order valence-corrected chi connectivity index (χ1v) is 9.02. The van der Waals surface area contributed by atoms with E-state index in [1.807, 2.05) is 0 Å². The summed E-state index contributed by atoms with van der Waals surface area (Å²) in [6, 6.07) is 7.98. The van der Waals surface area contributed by atoms with E-state index in [1.54, 1.807) is 28.8 Å². The van der Waals surface area contributed by atoms with E-state index in [0.717, 1.165) is 0 Å². The Hall–Kier alpha value is -2.29. The molecule has 2 N–H and O–H groups in total. The number of hydrogen-bond acceptors (Lipinski definition) is 5. The lowest BCUT2D eigenvalue weighted by molar-refractivity contribution is 0.611. The smallest absolute Gasteiger partial charge is 0.155 e. The molecule has 3 rings (SSSR count). The van der Waals surface area contributed by atoms with Gasteiger partial charge in [-0.2, -0.15) is 0 Å². The van der Waals surface area contributed by atoms with Crippen molar-refractivity contribution in [3.63, 3.8) is 0 Å². The topological polar surface area (TPSA) is 90.9 Å². The monoisotopic (exact) mass is 380 g/mol. The van der Waals surface area contributed by atoms with Crippen LogP contribution in [0.5, 0.6) is 0 Å². The van der Waals surface area contributed by atoms with E-state index < -0.39 is 16.5 Å². The molecular formula is C16H14ClFN4O2S. The van der Waals surface area contributed by atoms with Gasteiger partial charge < -0.3 is 5.73 Å². The Labute approximate surface area is 150 Å². The third-order valence-corrected chi connectivity index (χ3v) is 4.51. The minimum Gasteiger partial charge on any atom is -0.326 e. The molecule has 1 aromatic carbocycles. The maximum Gasteiger partial charge on any atom is 0.155 e. The maximum atomic E-state index is 14.1. The van der Waals surface area contributed by atoms with Crippen molar-refractivity contribution >= 4 is 22.3 Å². The number of pyridine rings is 1. The summed E-state index contributed by atoms with van der Waals surface area (Å²) in [4.78, 5) is 8.19. The minimum atomic E-state index is -2.54. The van der Waals surface area contributed by atoms with Crippen molar-refractivity contribution in [2.45, 2.75) is 12.3 Å². The van der Waals surface area contributed by atoms with Crippen LogP contribution in [0.25, 0.3) is 16.9 Å². The van der Waals surface area contributed by atoms with Gasteiger partial charge in [0.2, 0.25) is 0 Å². The first kappa shape index (κ1) is 17.5. The van der Waals surface area contributed by atoms with Crippen LogP contribution in [-0.4, -0.2) is 23.0 Å². The normalized spacial score (nSPS) is 11.2. The number of nitrogens with zero attached hydrogens (tertiary/aromatic N) is 3. The zero-order chi connectivity index (χ0) is 18.0. The molecule has 6 nitrogen and oxygen atoms in total. The van der Waals surface area contributed by atoms with E-state index in [-0.39, 0.29) is 17.5 Å². The molecule has 130 valence electrons. The van der Waals surface area contributed by atoms with Crippen molar-refractivity contribution in [3.05, 3.63) is 65.1 Å². The van der Waals surface area contributed by atoms with Crippen molar-refractivity contribution in [2.75, 3.05) is 0 Å². The molecule has 2 aromatic heterocycles. The molecular weight excluding hydrogens is 367 g/mol. The Morgan fingerprint density at radius 2 is 2.00 bits per heavy atom. The third kappa shape index (κ3) is 3.71. The fraction of sp³-hybridized carbons (Fsp3) is 0.125. The van der Waals surface area contributed by atoms with E-state index in [9.17, 15) is 12.8 Å². The van der Waals surface area contributed by atoms with Crippen molar-refractivity contribution in [2.24, 2.45) is 5.73 Å². The van der Waals surface area contributed by atoms with E-state index in [4.69, 9.17) is 17.3 Å². The van der Waals surface area contributed by atoms with Crippen LogP contribution in [0.2, 0.25) is 5.15 Å². The van der Waals surface area contributed by atoms with Crippen LogP contribution in [0.1, 0.15) is 11.3 Å². The maximum absolute atomic E-state index is 14.1. The summed E-state index contributed by atoms with van der Waals surface area (Å²) in [5.41, 5.74) is 8.01. The fourth-order valence-electron chi connectivity index (χ4n) is 2.43. The standard InChI is InChI=1S/C16H14ClFN4O2S/c17-16-15(10-1-2-11(6-19)14(18)5-10)22(9-21-16)13-4-3-12(20-7-13)8-25(23)24/h1-5,7,9,25H,6,8,19H2. The third-order valence-electron chi connectivity index (χ3n) is 3.65. The number of rotatable bonds is 5. The number of nitrogens with two attached hydrogens (primary N) is 1. The lowest BCUT2D eigenvalue weighted by Gasteiger charge is -2.10. The first-order chi connectivity index (χ1) is 12.0. The van der Waals surface area contributed by atoms with Crippen LogP contribution in [0.4, 0.5) is 4.39 Å². The molecule has 9 heteroatoms. The summed E-state index contributed by atoms with van der Waals surface area (Å²) < 4.78 is 37.3. The molecule has 0 amide bonds. The van der Waals surface area contributed by atoms with Gasteiger partial charge in [-0.05, 0) is 18.2 Å². The Morgan fingerprint density at radius 3 is 2.60 bits per heavy atom. The van der Waals surface area contributed by atoms with Gasteiger partial charge in [0.25, 0.3) is 0 Å². The minimum absolute atomic E-state index is 0.104. The molecule has 0 aliphatic rings. The van der Waals surface area contributed by atoms with Gasteiger partial charge in [0, 0.05) is 17.7 Å². The van der Waals surface area contributed by atoms with Crippen molar-refractivity contribution in [1.82, 2.24) is 14.5 Å². The lowest BCUT2D eigenvalue weighted by Crippen LogP contribution is -2.01. The van der Waals surface area contributed by atoms with Crippen LogP contribution < -0.4 is 5.73 Å². The molecule has 3 aromatic rings. The number of thiol groups is 1. The van der Waals surface area contributed by atoms with Crippen LogP contribution in [0.15, 0.2) is 42.9 Å². The van der Waals surface area contributed by atoms with Crippen LogP contribution >= 0.6 is 11.6 Å². The van der Waals surface area contributed by atoms with Gasteiger partial charge in [0.05, 0.1) is 29.0 Å². The second-order valence-electron chi connectivity index (χ2n) is 5.26. The van der Waals surface area contributed by atoms with Crippen LogP contribution in [-0.2, 0) is 23.0 Å². The van der Waals surface area contributed by atoms with Gasteiger partial charge in [-0.25, -0.2) is 17.8 Å². The second kappa shape index (κ2) is 7.30. The average molecular weight is 381 g/mol. The molecule has 2 heterocycles. The second-order valence-corrected chi connectivity index (χ2v) is 6.60. The molecule has 0 bridgehead atoms. The molecule has 0 saturated carbocycles. The highest BCUT2D eigenvalue weighted by Crippen LogP contribution is 2.30. The molecule has 0 unspecified atom stereocenters. The summed E-state index contributed by atoms with van der Waals surface area (Å²) in [5, 5.41) is 0.214. The van der Waals surface area contributed by atoms with Crippen molar-refractivity contribution < 1.29 is 12.8 Å². The summed E-state index contributed by atoms with van der Waals surface area (Å²) in [6.07, 6.45) is 3.01. The SMILES string of the molecule is NCc1ccc(-c2c(Cl)ncn2-c2ccc(C[SH](=O)=O)nc2)cc1F. The predicted octanol–water partition coefficient (Wildman–Crippen LogP) is 2.30. The highest BCUT2D eigenvalue weighted by Gasteiger charge is 2.15. The van der Waals surface area contributed by atoms with Gasteiger partial charge in [0.15, 0.2) is 5.15 Å². The summed E-state index contributed by atoms with van der Waals surface area (Å²) >= 11 is 6.18. The van der Waals surface area contributed by atoms with Crippen molar-refractivity contribution in [1.29, 1.82) is 0 Å². The molecule has 0 aliphatic heterocycles. The largest absolute Gasteiger partial charge is 0.326 e. The van der Waals surface area contributed by atoms with E-state index in [2.05, 4.69) is 9.97 Å². The number of imidazole rings is 1. The predicted molar refractivity (Wildman–Crippen MR) is 93.7 cm³/mol. The van der Waals surface area contributed by atoms with E-state index in [0.29, 0.717) is 28.2 Å². The highest BCUT2D eigenvalue weighted by atomic mass is 35.5. The van der Waals surface area contributed by atoms with Crippen LogP contribution in [0, 0.1) is 5.82 Å². The number of hydrogen-bond donors (Lipinski definition) is 2. The Bertz CT molecular complexity index is 978. The number of halogens is 2. The number of benzene rings is 1. The Balaban J connectivity index is 2.03. The fourth-order valence-corrected chi connectivity index (χ4v) is 3.12. The van der Waals surface area contributed by atoms with Gasteiger partial charge in [-0.1, -0.05) is 23.7 Å². The lowest BCUT2D eigenvalue weighted by atomic mass is 10.1. The Kier molecular flexibility index (Phi) is 5.12. The molecule has 0 fully saturated rings. The molecule has 0 aliphatic carbocycles. The summed E-state index contributed by atoms with van der Waals surface area (Å²) in [7, 11) is -2.54. The van der Waals surface area contributed by atoms with E-state index in [1.165, 1.54) is 18.6 Å². The quantitative estimate of drug-likeness (QED) is 0.663. The highest BCUT2D eigenvalue weighted by molar-refractivity contribution is 7.71. The zero-order valence-corrected chi connectivity index (χ0v) is 14.5. The average Bonchev–Trinajstić information content (AvgIpc) is 2.96.